The average molecular weight is 250 g/mol. The molecule has 1 heterocycles. The van der Waals surface area contributed by atoms with Gasteiger partial charge in [0.2, 0.25) is 5.91 Å². The van der Waals surface area contributed by atoms with Gasteiger partial charge in [0.25, 0.3) is 0 Å². The van der Waals surface area contributed by atoms with Crippen LogP contribution in [0.2, 0.25) is 0 Å². The predicted molar refractivity (Wildman–Crippen MR) is 73.7 cm³/mol. The van der Waals surface area contributed by atoms with E-state index in [4.69, 9.17) is 0 Å². The highest BCUT2D eigenvalue weighted by atomic mass is 32.1. The van der Waals surface area contributed by atoms with Crippen LogP contribution in [-0.2, 0) is 16.6 Å². The lowest BCUT2D eigenvalue weighted by Gasteiger charge is -2.26. The van der Waals surface area contributed by atoms with Crippen LogP contribution < -0.4 is 10.6 Å². The molecule has 4 heteroatoms. The van der Waals surface area contributed by atoms with Crippen molar-refractivity contribution in [3.63, 3.8) is 0 Å². The van der Waals surface area contributed by atoms with Crippen molar-refractivity contribution in [3.05, 3.63) is 29.3 Å². The summed E-state index contributed by atoms with van der Waals surface area (Å²) < 4.78 is 0. The molecule has 3 nitrogen and oxygen atoms in total. The molecule has 2 N–H and O–H groups in total. The first-order valence-electron chi connectivity index (χ1n) is 5.78. The number of hydrogen-bond donors (Lipinski definition) is 3. The first-order valence-corrected chi connectivity index (χ1v) is 6.41. The number of nitrogens with one attached hydrogen (secondary N) is 2. The van der Waals surface area contributed by atoms with Crippen molar-refractivity contribution >= 4 is 24.2 Å². The highest BCUT2D eigenvalue weighted by Crippen LogP contribution is 2.29. The average Bonchev–Trinajstić information content (AvgIpc) is 2.65. The summed E-state index contributed by atoms with van der Waals surface area (Å²) >= 11 is 4.16. The summed E-state index contributed by atoms with van der Waals surface area (Å²) in [5.74, 6) is 0.762. The molecular formula is C13H18N2OS. The van der Waals surface area contributed by atoms with Crippen LogP contribution in [0.3, 0.4) is 0 Å². The van der Waals surface area contributed by atoms with E-state index in [9.17, 15) is 4.79 Å². The van der Waals surface area contributed by atoms with Crippen LogP contribution in [0.1, 0.15) is 25.0 Å². The van der Waals surface area contributed by atoms with E-state index in [1.165, 1.54) is 5.56 Å². The second-order valence-electron chi connectivity index (χ2n) is 5.07. The monoisotopic (exact) mass is 250 g/mol. The minimum Gasteiger partial charge on any atom is -0.326 e. The summed E-state index contributed by atoms with van der Waals surface area (Å²) in [5, 5.41) is 6.10. The van der Waals surface area contributed by atoms with Crippen molar-refractivity contribution in [2.45, 2.75) is 25.7 Å². The van der Waals surface area contributed by atoms with E-state index >= 15 is 0 Å². The van der Waals surface area contributed by atoms with Gasteiger partial charge in [0, 0.05) is 23.5 Å². The molecule has 0 spiro atoms. The number of hydrogen-bond acceptors (Lipinski definition) is 3. The fourth-order valence-corrected chi connectivity index (χ4v) is 2.23. The molecule has 0 fully saturated rings. The van der Waals surface area contributed by atoms with E-state index in [0.29, 0.717) is 12.3 Å². The Morgan fingerprint density at radius 3 is 2.94 bits per heavy atom. The van der Waals surface area contributed by atoms with E-state index in [0.717, 1.165) is 17.8 Å². The maximum absolute atomic E-state index is 11.3. The van der Waals surface area contributed by atoms with Crippen molar-refractivity contribution in [2.75, 3.05) is 17.7 Å². The third-order valence-electron chi connectivity index (χ3n) is 3.19. The van der Waals surface area contributed by atoms with Gasteiger partial charge in [-0.2, -0.15) is 12.6 Å². The van der Waals surface area contributed by atoms with E-state index < -0.39 is 0 Å². The Hall–Kier alpha value is -1.00. The molecule has 2 rings (SSSR count). The fourth-order valence-electron chi connectivity index (χ4n) is 2.12. The molecule has 0 bridgehead atoms. The summed E-state index contributed by atoms with van der Waals surface area (Å²) in [7, 11) is 0. The third-order valence-corrected chi connectivity index (χ3v) is 3.41. The van der Waals surface area contributed by atoms with E-state index in [2.05, 4.69) is 49.2 Å². The molecule has 92 valence electrons. The van der Waals surface area contributed by atoms with Crippen LogP contribution in [0.5, 0.6) is 0 Å². The van der Waals surface area contributed by atoms with Gasteiger partial charge in [-0.3, -0.25) is 4.79 Å². The molecule has 0 atom stereocenters. The Kier molecular flexibility index (Phi) is 3.45. The maximum Gasteiger partial charge on any atom is 0.228 e. The second-order valence-corrected chi connectivity index (χ2v) is 5.38. The number of fused-ring (bicyclic) bond motifs is 1. The highest BCUT2D eigenvalue weighted by molar-refractivity contribution is 7.80. The summed E-state index contributed by atoms with van der Waals surface area (Å²) in [4.78, 5) is 11.3. The molecule has 0 saturated heterocycles. The van der Waals surface area contributed by atoms with Gasteiger partial charge in [-0.15, -0.1) is 0 Å². The zero-order valence-corrected chi connectivity index (χ0v) is 11.1. The third kappa shape index (κ3) is 2.64. The zero-order chi connectivity index (χ0) is 12.5. The molecule has 1 aromatic carbocycles. The second kappa shape index (κ2) is 4.70. The number of carbonyl (C=O) groups excluding carboxylic acids is 1. The predicted octanol–water partition coefficient (Wildman–Crippen LogP) is 1.94. The minimum absolute atomic E-state index is 0.0450. The number of rotatable bonds is 4. The summed E-state index contributed by atoms with van der Waals surface area (Å²) in [5.41, 5.74) is 3.36. The van der Waals surface area contributed by atoms with Gasteiger partial charge in [0.15, 0.2) is 0 Å². The first kappa shape index (κ1) is 12.5. The molecule has 0 radical (unpaired) electrons. The normalized spacial score (nSPS) is 14.6. The highest BCUT2D eigenvalue weighted by Gasteiger charge is 2.24. The number of benzene rings is 1. The van der Waals surface area contributed by atoms with Gasteiger partial charge < -0.3 is 10.6 Å². The molecule has 17 heavy (non-hydrogen) atoms. The fraction of sp³-hybridized carbons (Fsp3) is 0.462. The van der Waals surface area contributed by atoms with Crippen LogP contribution in [0.15, 0.2) is 18.2 Å². The van der Waals surface area contributed by atoms with Crippen molar-refractivity contribution in [1.82, 2.24) is 5.32 Å². The van der Waals surface area contributed by atoms with E-state index in [1.807, 2.05) is 6.07 Å². The van der Waals surface area contributed by atoms with Crippen LogP contribution in [-0.4, -0.2) is 18.3 Å². The molecule has 0 aromatic heterocycles. The topological polar surface area (TPSA) is 41.1 Å². The van der Waals surface area contributed by atoms with E-state index in [1.54, 1.807) is 0 Å². The smallest absolute Gasteiger partial charge is 0.228 e. The SMILES string of the molecule is CC(C)(CNCS)c1ccc2c(c1)CC(=O)N2. The molecule has 1 aromatic rings. The van der Waals surface area contributed by atoms with Crippen LogP contribution in [0, 0.1) is 0 Å². The maximum atomic E-state index is 11.3. The Morgan fingerprint density at radius 2 is 2.24 bits per heavy atom. The molecule has 0 unspecified atom stereocenters. The number of anilines is 1. The lowest BCUT2D eigenvalue weighted by atomic mass is 9.83. The van der Waals surface area contributed by atoms with Gasteiger partial charge >= 0.3 is 0 Å². The number of thiol groups is 1. The van der Waals surface area contributed by atoms with Crippen molar-refractivity contribution < 1.29 is 4.79 Å². The standard InChI is InChI=1S/C13H18N2OS/c1-13(2,7-14-8-17)10-3-4-11-9(5-10)6-12(16)15-11/h3-5,14,17H,6-8H2,1-2H3,(H,15,16). The Balaban J connectivity index is 2.23. The van der Waals surface area contributed by atoms with Gasteiger partial charge in [-0.25, -0.2) is 0 Å². The van der Waals surface area contributed by atoms with Gasteiger partial charge in [0.05, 0.1) is 6.42 Å². The molecule has 0 saturated carbocycles. The summed E-state index contributed by atoms with van der Waals surface area (Å²) in [6.07, 6.45) is 0.499. The largest absolute Gasteiger partial charge is 0.326 e. The zero-order valence-electron chi connectivity index (χ0n) is 10.2. The van der Waals surface area contributed by atoms with Crippen LogP contribution >= 0.6 is 12.6 Å². The van der Waals surface area contributed by atoms with Gasteiger partial charge in [-0.1, -0.05) is 26.0 Å². The molecule has 1 aliphatic heterocycles. The summed E-state index contributed by atoms with van der Waals surface area (Å²) in [6, 6.07) is 6.22. The van der Waals surface area contributed by atoms with Gasteiger partial charge in [-0.05, 0) is 17.2 Å². The van der Waals surface area contributed by atoms with Crippen LogP contribution in [0.4, 0.5) is 5.69 Å². The Bertz CT molecular complexity index is 443. The number of carbonyl (C=O) groups is 1. The molecular weight excluding hydrogens is 232 g/mol. The Labute approximate surface area is 107 Å². The van der Waals surface area contributed by atoms with Crippen molar-refractivity contribution in [1.29, 1.82) is 0 Å². The Morgan fingerprint density at radius 1 is 1.47 bits per heavy atom. The van der Waals surface area contributed by atoms with Gasteiger partial charge in [0.1, 0.15) is 0 Å². The quantitative estimate of drug-likeness (QED) is 0.564. The van der Waals surface area contributed by atoms with Crippen molar-refractivity contribution in [2.24, 2.45) is 0 Å². The first-order chi connectivity index (χ1) is 8.03. The lowest BCUT2D eigenvalue weighted by Crippen LogP contribution is -2.32. The molecule has 1 amide bonds. The molecule has 0 aliphatic carbocycles. The van der Waals surface area contributed by atoms with Crippen LogP contribution in [0.25, 0.3) is 0 Å². The van der Waals surface area contributed by atoms with E-state index in [-0.39, 0.29) is 11.3 Å². The number of amides is 1. The van der Waals surface area contributed by atoms with Crippen molar-refractivity contribution in [3.8, 4) is 0 Å². The minimum atomic E-state index is 0.0450. The molecule has 1 aliphatic rings. The summed E-state index contributed by atoms with van der Waals surface area (Å²) in [6.45, 7) is 5.25. The lowest BCUT2D eigenvalue weighted by molar-refractivity contribution is -0.115.